The van der Waals surface area contributed by atoms with E-state index < -0.39 is 0 Å². The van der Waals surface area contributed by atoms with Crippen LogP contribution in [0.15, 0.2) is 54.6 Å². The molecule has 0 aliphatic carbocycles. The van der Waals surface area contributed by atoms with Crippen molar-refractivity contribution in [2.45, 2.75) is 33.1 Å². The third-order valence-electron chi connectivity index (χ3n) is 5.52. The van der Waals surface area contributed by atoms with Gasteiger partial charge in [0, 0.05) is 30.7 Å². The van der Waals surface area contributed by atoms with Crippen molar-refractivity contribution in [2.75, 3.05) is 39.2 Å². The zero-order valence-corrected chi connectivity index (χ0v) is 21.3. The zero-order valence-electron chi connectivity index (χ0n) is 21.3. The van der Waals surface area contributed by atoms with Gasteiger partial charge in [0.25, 0.3) is 5.91 Å². The van der Waals surface area contributed by atoms with Gasteiger partial charge in [0.1, 0.15) is 18.1 Å². The largest absolute Gasteiger partial charge is 0.497 e. The highest BCUT2D eigenvalue weighted by Crippen LogP contribution is 2.26. The van der Waals surface area contributed by atoms with Crippen molar-refractivity contribution in [1.29, 1.82) is 0 Å². The number of nitrogens with one attached hydrogen (secondary N) is 1. The van der Waals surface area contributed by atoms with E-state index in [2.05, 4.69) is 26.1 Å². The van der Waals surface area contributed by atoms with Crippen LogP contribution in [0.5, 0.6) is 5.75 Å². The number of hydrogen-bond acceptors (Lipinski definition) is 5. The first-order chi connectivity index (χ1) is 16.6. The van der Waals surface area contributed by atoms with Gasteiger partial charge in [-0.15, -0.1) is 0 Å². The maximum Gasteiger partial charge on any atom is 0.254 e. The summed E-state index contributed by atoms with van der Waals surface area (Å²) in [4.78, 5) is 27.7. The van der Waals surface area contributed by atoms with Crippen LogP contribution in [0.2, 0.25) is 0 Å². The average Bonchev–Trinajstić information content (AvgIpc) is 3.25. The van der Waals surface area contributed by atoms with Gasteiger partial charge in [-0.25, -0.2) is 4.68 Å². The summed E-state index contributed by atoms with van der Waals surface area (Å²) in [6.07, 6.45) is 0. The standard InChI is InChI=1S/C27H34N4O4/c1-19-8-7-9-21(16-19)31-24(17-23(29-31)27(2,3)4)28-25(32)18-30(14-15-34-5)26(33)20-10-12-22(35-6)13-11-20/h7-13,16-17H,14-15,18H2,1-6H3,(H,28,32). The first kappa shape index (κ1) is 26.0. The molecule has 35 heavy (non-hydrogen) atoms. The summed E-state index contributed by atoms with van der Waals surface area (Å²) in [7, 11) is 3.13. The Labute approximate surface area is 206 Å². The highest BCUT2D eigenvalue weighted by molar-refractivity contribution is 5.99. The maximum atomic E-state index is 13.1. The van der Waals surface area contributed by atoms with Crippen LogP contribution in [0.3, 0.4) is 0 Å². The molecule has 0 bridgehead atoms. The molecule has 8 heteroatoms. The number of ether oxygens (including phenoxy) is 2. The van der Waals surface area contributed by atoms with Gasteiger partial charge in [-0.05, 0) is 48.9 Å². The molecule has 0 unspecified atom stereocenters. The smallest absolute Gasteiger partial charge is 0.254 e. The van der Waals surface area contributed by atoms with Crippen LogP contribution in [0.1, 0.15) is 42.4 Å². The summed E-state index contributed by atoms with van der Waals surface area (Å²) in [5, 5.41) is 7.72. The van der Waals surface area contributed by atoms with Crippen molar-refractivity contribution in [2.24, 2.45) is 0 Å². The Morgan fingerprint density at radius 3 is 2.37 bits per heavy atom. The summed E-state index contributed by atoms with van der Waals surface area (Å²) in [6, 6.07) is 16.6. The topological polar surface area (TPSA) is 85.7 Å². The zero-order chi connectivity index (χ0) is 25.6. The van der Waals surface area contributed by atoms with Gasteiger partial charge in [-0.2, -0.15) is 5.10 Å². The Morgan fingerprint density at radius 2 is 1.77 bits per heavy atom. The van der Waals surface area contributed by atoms with Gasteiger partial charge in [0.15, 0.2) is 0 Å². The Hall–Kier alpha value is -3.65. The van der Waals surface area contributed by atoms with E-state index in [0.717, 1.165) is 16.9 Å². The molecule has 3 aromatic rings. The molecule has 0 saturated heterocycles. The summed E-state index contributed by atoms with van der Waals surface area (Å²) < 4.78 is 12.1. The lowest BCUT2D eigenvalue weighted by Crippen LogP contribution is -2.40. The first-order valence-corrected chi connectivity index (χ1v) is 11.5. The number of carbonyl (C=O) groups is 2. The number of aryl methyl sites for hydroxylation is 1. The Bertz CT molecular complexity index is 1160. The van der Waals surface area contributed by atoms with Crippen molar-refractivity contribution >= 4 is 17.6 Å². The van der Waals surface area contributed by atoms with Gasteiger partial charge in [-0.3, -0.25) is 9.59 Å². The van der Waals surface area contributed by atoms with Crippen molar-refractivity contribution in [3.8, 4) is 11.4 Å². The van der Waals surface area contributed by atoms with Gasteiger partial charge < -0.3 is 19.7 Å². The molecule has 3 rings (SSSR count). The van der Waals surface area contributed by atoms with E-state index in [1.807, 2.05) is 37.3 Å². The molecule has 0 aliphatic rings. The van der Waals surface area contributed by atoms with Crippen molar-refractivity contribution in [3.05, 3.63) is 71.4 Å². The molecule has 0 spiro atoms. The number of nitrogens with zero attached hydrogens (tertiary/aromatic N) is 3. The molecule has 2 aromatic carbocycles. The predicted molar refractivity (Wildman–Crippen MR) is 136 cm³/mol. The minimum Gasteiger partial charge on any atom is -0.497 e. The highest BCUT2D eigenvalue weighted by atomic mass is 16.5. The SMILES string of the molecule is COCCN(CC(=O)Nc1cc(C(C)(C)C)nn1-c1cccc(C)c1)C(=O)c1ccc(OC)cc1. The van der Waals surface area contributed by atoms with E-state index >= 15 is 0 Å². The van der Waals surface area contributed by atoms with Crippen molar-refractivity contribution < 1.29 is 19.1 Å². The molecule has 1 N–H and O–H groups in total. The number of rotatable bonds is 9. The number of amides is 2. The molecular weight excluding hydrogens is 444 g/mol. The van der Waals surface area contributed by atoms with Crippen LogP contribution < -0.4 is 10.1 Å². The number of hydrogen-bond donors (Lipinski definition) is 1. The van der Waals surface area contributed by atoms with Gasteiger partial charge >= 0.3 is 0 Å². The van der Waals surface area contributed by atoms with Crippen LogP contribution in [-0.4, -0.2) is 60.4 Å². The number of methoxy groups -OCH3 is 2. The highest BCUT2D eigenvalue weighted by Gasteiger charge is 2.23. The van der Waals surface area contributed by atoms with Crippen LogP contribution >= 0.6 is 0 Å². The van der Waals surface area contributed by atoms with Crippen LogP contribution in [0.4, 0.5) is 5.82 Å². The third kappa shape index (κ3) is 6.70. The van der Waals surface area contributed by atoms with Crippen LogP contribution in [0, 0.1) is 6.92 Å². The summed E-state index contributed by atoms with van der Waals surface area (Å²) in [5.74, 6) is 0.621. The van der Waals surface area contributed by atoms with Gasteiger partial charge in [0.2, 0.25) is 5.91 Å². The number of benzene rings is 2. The fraction of sp³-hybridized carbons (Fsp3) is 0.370. The quantitative estimate of drug-likeness (QED) is 0.498. The number of aromatic nitrogens is 2. The molecule has 2 amide bonds. The second-order valence-electron chi connectivity index (χ2n) is 9.41. The molecule has 186 valence electrons. The molecule has 0 aliphatic heterocycles. The maximum absolute atomic E-state index is 13.1. The van der Waals surface area contributed by atoms with E-state index in [9.17, 15) is 9.59 Å². The first-order valence-electron chi connectivity index (χ1n) is 11.5. The molecule has 0 atom stereocenters. The third-order valence-corrected chi connectivity index (χ3v) is 5.52. The molecular formula is C27H34N4O4. The number of carbonyl (C=O) groups excluding carboxylic acids is 2. The summed E-state index contributed by atoms with van der Waals surface area (Å²) in [6.45, 7) is 8.68. The molecule has 0 fully saturated rings. The fourth-order valence-corrected chi connectivity index (χ4v) is 3.52. The average molecular weight is 479 g/mol. The molecule has 1 aromatic heterocycles. The lowest BCUT2D eigenvalue weighted by atomic mass is 9.92. The van der Waals surface area contributed by atoms with E-state index in [0.29, 0.717) is 23.7 Å². The monoisotopic (exact) mass is 478 g/mol. The molecule has 1 heterocycles. The Morgan fingerprint density at radius 1 is 1.06 bits per heavy atom. The normalized spacial score (nSPS) is 11.3. The number of anilines is 1. The van der Waals surface area contributed by atoms with E-state index in [1.54, 1.807) is 43.2 Å². The minimum atomic E-state index is -0.322. The van der Waals surface area contributed by atoms with E-state index in [4.69, 9.17) is 14.6 Å². The summed E-state index contributed by atoms with van der Waals surface area (Å²) in [5.41, 5.74) is 3.04. The van der Waals surface area contributed by atoms with Gasteiger partial charge in [-0.1, -0.05) is 32.9 Å². The minimum absolute atomic E-state index is 0.127. The molecule has 8 nitrogen and oxygen atoms in total. The predicted octanol–water partition coefficient (Wildman–Crippen LogP) is 4.21. The second-order valence-corrected chi connectivity index (χ2v) is 9.41. The Kier molecular flexibility index (Phi) is 8.30. The lowest BCUT2D eigenvalue weighted by molar-refractivity contribution is -0.117. The van der Waals surface area contributed by atoms with E-state index in [1.165, 1.54) is 4.90 Å². The Balaban J connectivity index is 1.84. The van der Waals surface area contributed by atoms with Crippen LogP contribution in [0.25, 0.3) is 5.69 Å². The van der Waals surface area contributed by atoms with Crippen LogP contribution in [-0.2, 0) is 14.9 Å². The van der Waals surface area contributed by atoms with E-state index in [-0.39, 0.29) is 30.3 Å². The summed E-state index contributed by atoms with van der Waals surface area (Å²) >= 11 is 0. The molecule has 0 radical (unpaired) electrons. The molecule has 0 saturated carbocycles. The fourth-order valence-electron chi connectivity index (χ4n) is 3.52. The van der Waals surface area contributed by atoms with Crippen molar-refractivity contribution in [1.82, 2.24) is 14.7 Å². The van der Waals surface area contributed by atoms with Gasteiger partial charge in [0.05, 0.1) is 25.1 Å². The lowest BCUT2D eigenvalue weighted by Gasteiger charge is -2.22. The van der Waals surface area contributed by atoms with Crippen molar-refractivity contribution in [3.63, 3.8) is 0 Å². The second kappa shape index (κ2) is 11.2.